The minimum Gasteiger partial charge on any atom is -0.352 e. The van der Waals surface area contributed by atoms with Crippen LogP contribution in [-0.2, 0) is 0 Å². The molecule has 2 aromatic rings. The molecule has 2 aliphatic heterocycles. The van der Waals surface area contributed by atoms with E-state index in [0.717, 1.165) is 25.9 Å². The predicted molar refractivity (Wildman–Crippen MR) is 113 cm³/mol. The summed E-state index contributed by atoms with van der Waals surface area (Å²) in [6, 6.07) is 5.45. The molecule has 2 saturated heterocycles. The second kappa shape index (κ2) is 8.42. The number of carbonyl (C=O) groups is 2. The number of aryl methyl sites for hydroxylation is 1. The van der Waals surface area contributed by atoms with Crippen molar-refractivity contribution in [2.45, 2.75) is 19.8 Å². The highest BCUT2D eigenvalue weighted by Gasteiger charge is 2.27. The second-order valence-electron chi connectivity index (χ2n) is 7.28. The molecule has 2 aromatic heterocycles. The lowest BCUT2D eigenvalue weighted by atomic mass is 10.3. The fourth-order valence-electron chi connectivity index (χ4n) is 3.65. The molecule has 0 bridgehead atoms. The number of hydrogen-bond acceptors (Lipinski definition) is 6. The van der Waals surface area contributed by atoms with E-state index in [-0.39, 0.29) is 20.5 Å². The van der Waals surface area contributed by atoms with E-state index in [1.165, 1.54) is 0 Å². The summed E-state index contributed by atoms with van der Waals surface area (Å²) in [6.45, 7) is 6.09. The minimum atomic E-state index is -0.335. The van der Waals surface area contributed by atoms with Gasteiger partial charge in [-0.1, -0.05) is 6.07 Å². The standard InChI is InChI=1S/C20H25N7O2.2H2/c1-15-18(19(28)23-16-6-2-3-7-21-16)24-17(14-22-15)25-10-12-27(13-11-25)20(29)26-8-4-5-9-26;;/h2-3,6-7,14H,4-5,8-13H2,1H3,(H,21,23,28);2*1H. The zero-order chi connectivity index (χ0) is 20.2. The van der Waals surface area contributed by atoms with E-state index in [9.17, 15) is 9.59 Å². The average molecular weight is 399 g/mol. The van der Waals surface area contributed by atoms with Crippen LogP contribution in [0.5, 0.6) is 0 Å². The number of aromatic nitrogens is 3. The van der Waals surface area contributed by atoms with Gasteiger partial charge >= 0.3 is 6.03 Å². The Balaban J connectivity index is 0.00000171. The van der Waals surface area contributed by atoms with Crippen molar-refractivity contribution in [3.8, 4) is 0 Å². The maximum atomic E-state index is 12.6. The number of rotatable bonds is 3. The van der Waals surface area contributed by atoms with Gasteiger partial charge in [-0.05, 0) is 31.9 Å². The Morgan fingerprint density at radius 1 is 1.00 bits per heavy atom. The van der Waals surface area contributed by atoms with E-state index >= 15 is 0 Å². The number of amides is 3. The monoisotopic (exact) mass is 399 g/mol. The van der Waals surface area contributed by atoms with Gasteiger partial charge in [0.15, 0.2) is 5.69 Å². The van der Waals surface area contributed by atoms with E-state index in [0.29, 0.717) is 43.5 Å². The topological polar surface area (TPSA) is 94.6 Å². The molecule has 4 rings (SSSR count). The van der Waals surface area contributed by atoms with Crippen LogP contribution in [0, 0.1) is 6.92 Å². The van der Waals surface area contributed by atoms with Gasteiger partial charge in [-0.3, -0.25) is 9.78 Å². The van der Waals surface area contributed by atoms with Crippen LogP contribution in [0.1, 0.15) is 31.9 Å². The van der Waals surface area contributed by atoms with Crippen molar-refractivity contribution in [1.29, 1.82) is 0 Å². The van der Waals surface area contributed by atoms with Crippen LogP contribution in [0.3, 0.4) is 0 Å². The summed E-state index contributed by atoms with van der Waals surface area (Å²) in [6.07, 6.45) is 5.49. The Morgan fingerprint density at radius 2 is 1.72 bits per heavy atom. The molecule has 2 aliphatic rings. The Morgan fingerprint density at radius 3 is 2.41 bits per heavy atom. The SMILES string of the molecule is Cc1ncc(N2CCN(C(=O)N3CCCC3)CC2)nc1C(=O)Nc1ccccn1.[HH].[HH]. The van der Waals surface area contributed by atoms with Gasteiger partial charge in [0.1, 0.15) is 11.6 Å². The summed E-state index contributed by atoms with van der Waals surface area (Å²) < 4.78 is 0. The number of nitrogens with one attached hydrogen (secondary N) is 1. The highest BCUT2D eigenvalue weighted by molar-refractivity contribution is 6.03. The molecule has 0 unspecified atom stereocenters. The van der Waals surface area contributed by atoms with Crippen LogP contribution in [0.2, 0.25) is 0 Å². The largest absolute Gasteiger partial charge is 0.352 e. The molecule has 156 valence electrons. The van der Waals surface area contributed by atoms with E-state index in [2.05, 4.69) is 25.2 Å². The molecular formula is C20H29N7O2. The number of hydrogen-bond donors (Lipinski definition) is 1. The molecule has 9 nitrogen and oxygen atoms in total. The van der Waals surface area contributed by atoms with Crippen LogP contribution in [0.15, 0.2) is 30.6 Å². The maximum absolute atomic E-state index is 12.6. The van der Waals surface area contributed by atoms with Crippen molar-refractivity contribution in [3.05, 3.63) is 42.0 Å². The van der Waals surface area contributed by atoms with Crippen LogP contribution in [0.25, 0.3) is 0 Å². The van der Waals surface area contributed by atoms with Crippen molar-refractivity contribution in [3.63, 3.8) is 0 Å². The van der Waals surface area contributed by atoms with Gasteiger partial charge in [0.05, 0.1) is 11.9 Å². The van der Waals surface area contributed by atoms with Crippen LogP contribution in [-0.4, -0.2) is 76.0 Å². The smallest absolute Gasteiger partial charge is 0.320 e. The molecule has 29 heavy (non-hydrogen) atoms. The number of anilines is 2. The van der Waals surface area contributed by atoms with Crippen molar-refractivity contribution < 1.29 is 12.4 Å². The van der Waals surface area contributed by atoms with E-state index in [1.54, 1.807) is 37.5 Å². The average Bonchev–Trinajstić information content (AvgIpc) is 3.29. The van der Waals surface area contributed by atoms with E-state index in [4.69, 9.17) is 0 Å². The molecule has 0 radical (unpaired) electrons. The summed E-state index contributed by atoms with van der Waals surface area (Å²) >= 11 is 0. The first-order chi connectivity index (χ1) is 14.1. The zero-order valence-electron chi connectivity index (χ0n) is 16.5. The number of urea groups is 1. The first kappa shape index (κ1) is 19.1. The normalized spacial score (nSPS) is 16.8. The van der Waals surface area contributed by atoms with Gasteiger partial charge in [0.25, 0.3) is 5.91 Å². The maximum Gasteiger partial charge on any atom is 0.320 e. The van der Waals surface area contributed by atoms with E-state index in [1.807, 2.05) is 9.80 Å². The third-order valence-corrected chi connectivity index (χ3v) is 5.32. The van der Waals surface area contributed by atoms with Crippen molar-refractivity contribution in [2.75, 3.05) is 49.5 Å². The third kappa shape index (κ3) is 4.28. The third-order valence-electron chi connectivity index (χ3n) is 5.32. The molecule has 0 saturated carbocycles. The molecular weight excluding hydrogens is 370 g/mol. The predicted octanol–water partition coefficient (Wildman–Crippen LogP) is 2.26. The van der Waals surface area contributed by atoms with E-state index < -0.39 is 0 Å². The Kier molecular flexibility index (Phi) is 5.55. The van der Waals surface area contributed by atoms with Gasteiger partial charge in [-0.25, -0.2) is 14.8 Å². The molecule has 1 N–H and O–H groups in total. The van der Waals surface area contributed by atoms with Crippen LogP contribution >= 0.6 is 0 Å². The summed E-state index contributed by atoms with van der Waals surface area (Å²) in [7, 11) is 0. The molecule has 4 heterocycles. The molecule has 0 aromatic carbocycles. The van der Waals surface area contributed by atoms with Gasteiger partial charge in [-0.2, -0.15) is 0 Å². The quantitative estimate of drug-likeness (QED) is 0.851. The molecule has 2 fully saturated rings. The number of carbonyl (C=O) groups excluding carboxylic acids is 2. The van der Waals surface area contributed by atoms with Crippen molar-refractivity contribution in [1.82, 2.24) is 24.8 Å². The molecule has 0 atom stereocenters. The number of pyridine rings is 1. The summed E-state index contributed by atoms with van der Waals surface area (Å²) in [4.78, 5) is 44.1. The number of piperazine rings is 1. The fourth-order valence-corrected chi connectivity index (χ4v) is 3.65. The highest BCUT2D eigenvalue weighted by atomic mass is 16.2. The lowest BCUT2D eigenvalue weighted by Gasteiger charge is -2.37. The van der Waals surface area contributed by atoms with Crippen molar-refractivity contribution in [2.24, 2.45) is 0 Å². The van der Waals surface area contributed by atoms with Gasteiger partial charge in [0, 0.05) is 48.3 Å². The van der Waals surface area contributed by atoms with Gasteiger partial charge in [0.2, 0.25) is 0 Å². The minimum absolute atomic E-state index is 0. The van der Waals surface area contributed by atoms with Crippen molar-refractivity contribution >= 4 is 23.6 Å². The Labute approximate surface area is 172 Å². The lowest BCUT2D eigenvalue weighted by Crippen LogP contribution is -2.52. The molecule has 0 aliphatic carbocycles. The number of likely N-dealkylation sites (tertiary alicyclic amines) is 1. The first-order valence-corrected chi connectivity index (χ1v) is 9.96. The molecule has 0 spiro atoms. The molecule has 9 heteroatoms. The van der Waals surface area contributed by atoms with Crippen LogP contribution < -0.4 is 10.2 Å². The first-order valence-electron chi connectivity index (χ1n) is 9.96. The highest BCUT2D eigenvalue weighted by Crippen LogP contribution is 2.18. The van der Waals surface area contributed by atoms with Crippen LogP contribution in [0.4, 0.5) is 16.4 Å². The summed E-state index contributed by atoms with van der Waals surface area (Å²) in [5.41, 5.74) is 0.841. The number of nitrogens with zero attached hydrogens (tertiary/aromatic N) is 6. The zero-order valence-corrected chi connectivity index (χ0v) is 16.5. The lowest BCUT2D eigenvalue weighted by molar-refractivity contribution is 0.102. The molecule has 3 amide bonds. The fraction of sp³-hybridized carbons (Fsp3) is 0.450. The second-order valence-corrected chi connectivity index (χ2v) is 7.28. The van der Waals surface area contributed by atoms with Gasteiger partial charge < -0.3 is 20.0 Å². The summed E-state index contributed by atoms with van der Waals surface area (Å²) in [5, 5.41) is 2.75. The Bertz CT molecular complexity index is 886. The Hall–Kier alpha value is -3.23. The van der Waals surface area contributed by atoms with Gasteiger partial charge in [-0.15, -0.1) is 0 Å². The summed E-state index contributed by atoms with van der Waals surface area (Å²) in [5.74, 6) is 0.784.